The molecule has 0 amide bonds. The third-order valence-electron chi connectivity index (χ3n) is 6.51. The van der Waals surface area contributed by atoms with Gasteiger partial charge in [0, 0.05) is 24.6 Å². The first kappa shape index (κ1) is 25.1. The van der Waals surface area contributed by atoms with Crippen LogP contribution < -0.4 is 24.8 Å². The average molecular weight is 533 g/mol. The summed E-state index contributed by atoms with van der Waals surface area (Å²) in [6.07, 6.45) is 6.28. The van der Waals surface area contributed by atoms with Gasteiger partial charge in [0.05, 0.1) is 47.0 Å². The van der Waals surface area contributed by atoms with E-state index >= 15 is 0 Å². The van der Waals surface area contributed by atoms with Crippen LogP contribution in [0.25, 0.3) is 10.9 Å². The van der Waals surface area contributed by atoms with Gasteiger partial charge in [-0.15, -0.1) is 0 Å². The molecule has 8 nitrogen and oxygen atoms in total. The number of rotatable bonds is 8. The first-order valence-electron chi connectivity index (χ1n) is 12.3. The normalized spacial score (nSPS) is 18.7. The Morgan fingerprint density at radius 2 is 1.89 bits per heavy atom. The van der Waals surface area contributed by atoms with Gasteiger partial charge in [0.15, 0.2) is 6.29 Å². The predicted molar refractivity (Wildman–Crippen MR) is 141 cm³/mol. The molecule has 10 heteroatoms. The summed E-state index contributed by atoms with van der Waals surface area (Å²) in [7, 11) is 1.56. The summed E-state index contributed by atoms with van der Waals surface area (Å²) >= 11 is 12.7. The molecule has 3 heterocycles. The van der Waals surface area contributed by atoms with Crippen molar-refractivity contribution in [3.05, 3.63) is 40.6 Å². The molecule has 3 aromatic rings. The van der Waals surface area contributed by atoms with Gasteiger partial charge < -0.3 is 29.6 Å². The lowest BCUT2D eigenvalue weighted by molar-refractivity contribution is -0.105. The van der Waals surface area contributed by atoms with Gasteiger partial charge in [-0.3, -0.25) is 0 Å². The van der Waals surface area contributed by atoms with E-state index in [4.69, 9.17) is 42.1 Å². The Bertz CT molecular complexity index is 1200. The van der Waals surface area contributed by atoms with Crippen LogP contribution in [0.15, 0.2) is 30.6 Å². The van der Waals surface area contributed by atoms with Crippen LogP contribution >= 0.6 is 23.2 Å². The van der Waals surface area contributed by atoms with E-state index in [1.165, 1.54) is 6.33 Å². The van der Waals surface area contributed by atoms with E-state index in [-0.39, 0.29) is 6.29 Å². The molecule has 0 aliphatic carbocycles. The van der Waals surface area contributed by atoms with Crippen LogP contribution in [0, 0.1) is 5.92 Å². The number of aromatic nitrogens is 2. The van der Waals surface area contributed by atoms with Gasteiger partial charge in [-0.2, -0.15) is 0 Å². The number of fused-ring (bicyclic) bond motifs is 1. The van der Waals surface area contributed by atoms with Gasteiger partial charge in [0.1, 0.15) is 29.4 Å². The summed E-state index contributed by atoms with van der Waals surface area (Å²) in [5.41, 5.74) is 1.29. The molecule has 2 aromatic carbocycles. The van der Waals surface area contributed by atoms with Crippen LogP contribution in [-0.2, 0) is 4.74 Å². The fourth-order valence-corrected chi connectivity index (χ4v) is 5.03. The van der Waals surface area contributed by atoms with Crippen LogP contribution in [0.2, 0.25) is 10.0 Å². The van der Waals surface area contributed by atoms with Gasteiger partial charge in [-0.1, -0.05) is 23.2 Å². The largest absolute Gasteiger partial charge is 0.495 e. The van der Waals surface area contributed by atoms with Gasteiger partial charge in [-0.25, -0.2) is 9.97 Å². The van der Waals surface area contributed by atoms with E-state index in [0.717, 1.165) is 45.2 Å². The fraction of sp³-hybridized carbons (Fsp3) is 0.462. The third-order valence-corrected chi connectivity index (χ3v) is 7.12. The second-order valence-electron chi connectivity index (χ2n) is 9.05. The van der Waals surface area contributed by atoms with Crippen molar-refractivity contribution in [1.29, 1.82) is 0 Å². The standard InChI is InChI=1S/C26H30Cl2N4O4/c1-33-22-13-20(18(27)12-19(22)28)32-26-25-21(30-15-31-26)10-17(35-14-16-5-7-29-8-6-16)11-23(25)36-24-4-2-3-9-34-24/h10-13,15-16,24,29H,2-9,14H2,1H3,(H,30,31,32). The number of benzene rings is 2. The van der Waals surface area contributed by atoms with E-state index in [9.17, 15) is 0 Å². The van der Waals surface area contributed by atoms with Crippen molar-refractivity contribution in [2.24, 2.45) is 5.92 Å². The highest BCUT2D eigenvalue weighted by molar-refractivity contribution is 6.37. The van der Waals surface area contributed by atoms with Crippen molar-refractivity contribution in [3.63, 3.8) is 0 Å². The SMILES string of the molecule is COc1cc(Nc2ncnc3cc(OCC4CCNCC4)cc(OC4CCCCO4)c23)c(Cl)cc1Cl. The molecule has 0 bridgehead atoms. The Morgan fingerprint density at radius 3 is 2.67 bits per heavy atom. The van der Waals surface area contributed by atoms with E-state index in [2.05, 4.69) is 20.6 Å². The zero-order valence-corrected chi connectivity index (χ0v) is 21.7. The maximum absolute atomic E-state index is 6.47. The molecular formula is C26H30Cl2N4O4. The number of piperidine rings is 1. The number of anilines is 2. The first-order chi connectivity index (χ1) is 17.6. The lowest BCUT2D eigenvalue weighted by atomic mass is 9.99. The maximum Gasteiger partial charge on any atom is 0.199 e. The van der Waals surface area contributed by atoms with Crippen molar-refractivity contribution < 1.29 is 18.9 Å². The minimum absolute atomic E-state index is 0.339. The second kappa shape index (κ2) is 11.7. The Morgan fingerprint density at radius 1 is 1.03 bits per heavy atom. The molecule has 5 rings (SSSR count). The molecule has 1 atom stereocenters. The number of halogens is 2. The van der Waals surface area contributed by atoms with E-state index in [1.807, 2.05) is 12.1 Å². The monoisotopic (exact) mass is 532 g/mol. The molecule has 2 N–H and O–H groups in total. The van der Waals surface area contributed by atoms with Crippen molar-refractivity contribution >= 4 is 45.6 Å². The first-order valence-corrected chi connectivity index (χ1v) is 13.1. The molecule has 0 saturated carbocycles. The molecule has 192 valence electrons. The van der Waals surface area contributed by atoms with Gasteiger partial charge in [-0.05, 0) is 50.8 Å². The number of nitrogens with zero attached hydrogens (tertiary/aromatic N) is 2. The molecule has 2 aliphatic rings. The average Bonchev–Trinajstić information content (AvgIpc) is 2.90. The number of nitrogens with one attached hydrogen (secondary N) is 2. The zero-order chi connectivity index (χ0) is 24.9. The molecule has 1 unspecified atom stereocenters. The molecule has 0 radical (unpaired) electrons. The highest BCUT2D eigenvalue weighted by Crippen LogP contribution is 2.40. The van der Waals surface area contributed by atoms with E-state index < -0.39 is 0 Å². The minimum Gasteiger partial charge on any atom is -0.495 e. The van der Waals surface area contributed by atoms with Gasteiger partial charge in [0.2, 0.25) is 0 Å². The third kappa shape index (κ3) is 5.89. The smallest absolute Gasteiger partial charge is 0.199 e. The molecule has 0 spiro atoms. The van der Waals surface area contributed by atoms with Crippen molar-refractivity contribution in [2.75, 3.05) is 38.7 Å². The topological polar surface area (TPSA) is 86.8 Å². The van der Waals surface area contributed by atoms with Gasteiger partial charge >= 0.3 is 0 Å². The Kier molecular flexibility index (Phi) is 8.16. The Hall–Kier alpha value is -2.52. The summed E-state index contributed by atoms with van der Waals surface area (Å²) in [6.45, 7) is 3.39. The van der Waals surface area contributed by atoms with E-state index in [0.29, 0.717) is 68.8 Å². The van der Waals surface area contributed by atoms with Crippen LogP contribution in [-0.4, -0.2) is 49.7 Å². The molecular weight excluding hydrogens is 503 g/mol. The van der Waals surface area contributed by atoms with Crippen molar-refractivity contribution in [3.8, 4) is 17.2 Å². The van der Waals surface area contributed by atoms with Crippen LogP contribution in [0.1, 0.15) is 32.1 Å². The lowest BCUT2D eigenvalue weighted by Crippen LogP contribution is -2.30. The summed E-state index contributed by atoms with van der Waals surface area (Å²) in [6, 6.07) is 7.19. The Labute approximate surface area is 220 Å². The molecule has 2 saturated heterocycles. The van der Waals surface area contributed by atoms with Crippen molar-refractivity contribution in [2.45, 2.75) is 38.4 Å². The highest BCUT2D eigenvalue weighted by atomic mass is 35.5. The molecule has 2 fully saturated rings. The molecule has 36 heavy (non-hydrogen) atoms. The van der Waals surface area contributed by atoms with Crippen molar-refractivity contribution in [1.82, 2.24) is 15.3 Å². The second-order valence-corrected chi connectivity index (χ2v) is 9.86. The summed E-state index contributed by atoms with van der Waals surface area (Å²) < 4.78 is 23.8. The lowest BCUT2D eigenvalue weighted by Gasteiger charge is -2.25. The zero-order valence-electron chi connectivity index (χ0n) is 20.2. The Balaban J connectivity index is 1.49. The number of hydrogen-bond acceptors (Lipinski definition) is 8. The molecule has 2 aliphatic heterocycles. The maximum atomic E-state index is 6.47. The van der Waals surface area contributed by atoms with Crippen LogP contribution in [0.3, 0.4) is 0 Å². The number of ether oxygens (including phenoxy) is 4. The van der Waals surface area contributed by atoms with Crippen LogP contribution in [0.5, 0.6) is 17.2 Å². The summed E-state index contributed by atoms with van der Waals surface area (Å²) in [4.78, 5) is 9.02. The minimum atomic E-state index is -0.339. The number of hydrogen-bond donors (Lipinski definition) is 2. The molecule has 1 aromatic heterocycles. The fourth-order valence-electron chi connectivity index (χ4n) is 4.52. The quantitative estimate of drug-likeness (QED) is 0.366. The predicted octanol–water partition coefficient (Wildman–Crippen LogP) is 5.97. The summed E-state index contributed by atoms with van der Waals surface area (Å²) in [5.74, 6) is 2.88. The van der Waals surface area contributed by atoms with Gasteiger partial charge in [0.25, 0.3) is 0 Å². The highest BCUT2D eigenvalue weighted by Gasteiger charge is 2.21. The van der Waals surface area contributed by atoms with E-state index in [1.54, 1.807) is 19.2 Å². The van der Waals surface area contributed by atoms with Crippen LogP contribution in [0.4, 0.5) is 11.5 Å². The number of methoxy groups -OCH3 is 1. The summed E-state index contributed by atoms with van der Waals surface area (Å²) in [5, 5.41) is 8.28.